The molecule has 1 aromatic rings. The van der Waals surface area contributed by atoms with Crippen LogP contribution in [0.15, 0.2) is 24.4 Å². The highest BCUT2D eigenvalue weighted by Gasteiger charge is 2.31. The van der Waals surface area contributed by atoms with Crippen LogP contribution < -0.4 is 0 Å². The Morgan fingerprint density at radius 2 is 2.24 bits per heavy atom. The third-order valence-corrected chi connectivity index (χ3v) is 2.55. The molecule has 94 valence electrons. The first-order valence-corrected chi connectivity index (χ1v) is 5.53. The molecule has 0 aromatic carbocycles. The third-order valence-electron chi connectivity index (χ3n) is 2.55. The van der Waals surface area contributed by atoms with Crippen LogP contribution in [0.4, 0.5) is 0 Å². The smallest absolute Gasteiger partial charge is 0.336 e. The minimum Gasteiger partial charge on any atom is -0.479 e. The van der Waals surface area contributed by atoms with Gasteiger partial charge in [-0.05, 0) is 25.6 Å². The molecule has 0 fully saturated rings. The van der Waals surface area contributed by atoms with E-state index in [9.17, 15) is 9.90 Å². The lowest BCUT2D eigenvalue weighted by Gasteiger charge is -2.27. The van der Waals surface area contributed by atoms with Crippen molar-refractivity contribution >= 4 is 5.97 Å². The van der Waals surface area contributed by atoms with Gasteiger partial charge < -0.3 is 10.2 Å². The number of likely N-dealkylation sites (N-methyl/N-ethyl adjacent to an activating group) is 1. The molecule has 0 amide bonds. The van der Waals surface area contributed by atoms with Crippen LogP contribution in [0.1, 0.15) is 19.5 Å². The molecule has 0 saturated carbocycles. The van der Waals surface area contributed by atoms with Gasteiger partial charge in [-0.2, -0.15) is 0 Å². The summed E-state index contributed by atoms with van der Waals surface area (Å²) in [4.78, 5) is 16.8. The minimum absolute atomic E-state index is 0.0788. The summed E-state index contributed by atoms with van der Waals surface area (Å²) in [5.74, 6) is -1.21. The van der Waals surface area contributed by atoms with Gasteiger partial charge in [-0.1, -0.05) is 13.0 Å². The number of hydrogen-bond acceptors (Lipinski definition) is 4. The van der Waals surface area contributed by atoms with Crippen LogP contribution >= 0.6 is 0 Å². The highest BCUT2D eigenvalue weighted by molar-refractivity contribution is 5.76. The van der Waals surface area contributed by atoms with Crippen LogP contribution in [0.25, 0.3) is 0 Å². The second-order valence-corrected chi connectivity index (χ2v) is 4.20. The average Bonchev–Trinajstić information content (AvgIpc) is 2.29. The van der Waals surface area contributed by atoms with E-state index in [2.05, 4.69) is 4.98 Å². The molecule has 1 rings (SSSR count). The highest BCUT2D eigenvalue weighted by atomic mass is 16.4. The van der Waals surface area contributed by atoms with Crippen LogP contribution in [0, 0.1) is 0 Å². The molecule has 1 unspecified atom stereocenters. The van der Waals surface area contributed by atoms with Crippen LogP contribution in [0.2, 0.25) is 0 Å². The Labute approximate surface area is 101 Å². The normalized spacial score (nSPS) is 14.6. The molecule has 0 aliphatic carbocycles. The number of aromatic nitrogens is 1. The number of carbonyl (C=O) groups is 1. The predicted molar refractivity (Wildman–Crippen MR) is 63.4 cm³/mol. The summed E-state index contributed by atoms with van der Waals surface area (Å²) in [6.07, 6.45) is 1.69. The van der Waals surface area contributed by atoms with Crippen molar-refractivity contribution in [3.63, 3.8) is 0 Å². The number of rotatable bonds is 6. The number of aliphatic hydroxyl groups is 1. The van der Waals surface area contributed by atoms with Crippen LogP contribution in [-0.2, 0) is 11.3 Å². The molecule has 5 nitrogen and oxygen atoms in total. The molecule has 5 heteroatoms. The fourth-order valence-electron chi connectivity index (χ4n) is 1.50. The summed E-state index contributed by atoms with van der Waals surface area (Å²) in [6.45, 7) is 4.48. The summed E-state index contributed by atoms with van der Waals surface area (Å²) in [6, 6.07) is 5.58. The lowest BCUT2D eigenvalue weighted by molar-refractivity contribution is -0.158. The van der Waals surface area contributed by atoms with E-state index in [-0.39, 0.29) is 6.54 Å². The Morgan fingerprint density at radius 3 is 2.71 bits per heavy atom. The summed E-state index contributed by atoms with van der Waals surface area (Å²) in [7, 11) is 0. The van der Waals surface area contributed by atoms with Gasteiger partial charge in [0.2, 0.25) is 0 Å². The van der Waals surface area contributed by atoms with E-state index in [4.69, 9.17) is 5.11 Å². The van der Waals surface area contributed by atoms with Gasteiger partial charge >= 0.3 is 5.97 Å². The van der Waals surface area contributed by atoms with Gasteiger partial charge in [0.05, 0.1) is 5.69 Å². The van der Waals surface area contributed by atoms with Gasteiger partial charge in [-0.15, -0.1) is 0 Å². The van der Waals surface area contributed by atoms with Crippen LogP contribution in [0.3, 0.4) is 0 Å². The number of pyridine rings is 1. The zero-order valence-corrected chi connectivity index (χ0v) is 10.1. The Kier molecular flexibility index (Phi) is 4.60. The molecule has 0 saturated heterocycles. The summed E-state index contributed by atoms with van der Waals surface area (Å²) in [5, 5.41) is 18.6. The van der Waals surface area contributed by atoms with Gasteiger partial charge in [0.15, 0.2) is 5.60 Å². The first kappa shape index (κ1) is 13.6. The molecule has 1 aromatic heterocycles. The SMILES string of the molecule is CCN(Cc1ccccn1)CC(C)(O)C(=O)O. The van der Waals surface area contributed by atoms with Gasteiger partial charge in [0.25, 0.3) is 0 Å². The Morgan fingerprint density at radius 1 is 1.53 bits per heavy atom. The minimum atomic E-state index is -1.73. The van der Waals surface area contributed by atoms with Crippen LogP contribution in [0.5, 0.6) is 0 Å². The molecule has 1 atom stereocenters. The standard InChI is InChI=1S/C12H18N2O3/c1-3-14(9-12(2,17)11(15)16)8-10-6-4-5-7-13-10/h4-7,17H,3,8-9H2,1-2H3,(H,15,16). The number of carboxylic acid groups (broad SMARTS) is 1. The fourth-order valence-corrected chi connectivity index (χ4v) is 1.50. The van der Waals surface area contributed by atoms with E-state index in [1.165, 1.54) is 6.92 Å². The number of carboxylic acids is 1. The molecule has 1 heterocycles. The molecule has 2 N–H and O–H groups in total. The van der Waals surface area contributed by atoms with Crippen molar-refractivity contribution in [3.8, 4) is 0 Å². The average molecular weight is 238 g/mol. The van der Waals surface area contributed by atoms with E-state index in [0.29, 0.717) is 13.1 Å². The van der Waals surface area contributed by atoms with Gasteiger partial charge in [-0.3, -0.25) is 9.88 Å². The lowest BCUT2D eigenvalue weighted by Crippen LogP contribution is -2.46. The first-order valence-electron chi connectivity index (χ1n) is 5.53. The number of aliphatic carboxylic acids is 1. The molecule has 0 spiro atoms. The Balaban J connectivity index is 2.64. The zero-order chi connectivity index (χ0) is 12.9. The van der Waals surface area contributed by atoms with Gasteiger partial charge in [0, 0.05) is 19.3 Å². The molecule has 0 radical (unpaired) electrons. The molecule has 17 heavy (non-hydrogen) atoms. The quantitative estimate of drug-likeness (QED) is 0.764. The topological polar surface area (TPSA) is 73.7 Å². The molecule has 0 aliphatic heterocycles. The van der Waals surface area contributed by atoms with E-state index in [1.807, 2.05) is 30.0 Å². The monoisotopic (exact) mass is 238 g/mol. The summed E-state index contributed by atoms with van der Waals surface area (Å²) in [5.41, 5.74) is -0.874. The maximum atomic E-state index is 10.8. The Hall–Kier alpha value is -1.46. The van der Waals surface area contributed by atoms with Gasteiger partial charge in [-0.25, -0.2) is 4.79 Å². The number of hydrogen-bond donors (Lipinski definition) is 2. The van der Waals surface area contributed by atoms with E-state index < -0.39 is 11.6 Å². The maximum Gasteiger partial charge on any atom is 0.336 e. The van der Waals surface area contributed by atoms with Crippen molar-refractivity contribution in [1.29, 1.82) is 0 Å². The largest absolute Gasteiger partial charge is 0.479 e. The maximum absolute atomic E-state index is 10.8. The van der Waals surface area contributed by atoms with Crippen molar-refractivity contribution in [2.45, 2.75) is 26.0 Å². The van der Waals surface area contributed by atoms with Gasteiger partial charge in [0.1, 0.15) is 0 Å². The summed E-state index contributed by atoms with van der Waals surface area (Å²) < 4.78 is 0. The van der Waals surface area contributed by atoms with Crippen molar-refractivity contribution in [1.82, 2.24) is 9.88 Å². The molecule has 0 aliphatic rings. The van der Waals surface area contributed by atoms with E-state index in [0.717, 1.165) is 5.69 Å². The number of nitrogens with zero attached hydrogens (tertiary/aromatic N) is 2. The predicted octanol–water partition coefficient (Wildman–Crippen LogP) is 0.739. The second-order valence-electron chi connectivity index (χ2n) is 4.20. The third kappa shape index (κ3) is 4.13. The van der Waals surface area contributed by atoms with Crippen LogP contribution in [-0.4, -0.2) is 44.8 Å². The Bertz CT molecular complexity index is 365. The lowest BCUT2D eigenvalue weighted by atomic mass is 10.1. The van der Waals surface area contributed by atoms with Crippen molar-refractivity contribution < 1.29 is 15.0 Å². The molecular weight excluding hydrogens is 220 g/mol. The summed E-state index contributed by atoms with van der Waals surface area (Å²) >= 11 is 0. The second kappa shape index (κ2) is 5.75. The van der Waals surface area contributed by atoms with E-state index >= 15 is 0 Å². The molecule has 0 bridgehead atoms. The fraction of sp³-hybridized carbons (Fsp3) is 0.500. The van der Waals surface area contributed by atoms with Crippen molar-refractivity contribution in [3.05, 3.63) is 30.1 Å². The van der Waals surface area contributed by atoms with E-state index in [1.54, 1.807) is 6.20 Å². The molecular formula is C12H18N2O3. The zero-order valence-electron chi connectivity index (χ0n) is 10.1. The highest BCUT2D eigenvalue weighted by Crippen LogP contribution is 2.09. The first-order chi connectivity index (χ1) is 7.95. The van der Waals surface area contributed by atoms with Crippen molar-refractivity contribution in [2.75, 3.05) is 13.1 Å². The van der Waals surface area contributed by atoms with Crippen molar-refractivity contribution in [2.24, 2.45) is 0 Å².